The van der Waals surface area contributed by atoms with Crippen molar-refractivity contribution in [1.82, 2.24) is 15.0 Å². The van der Waals surface area contributed by atoms with Gasteiger partial charge in [-0.2, -0.15) is 4.98 Å². The highest BCUT2D eigenvalue weighted by molar-refractivity contribution is 9.10. The van der Waals surface area contributed by atoms with Crippen LogP contribution >= 0.6 is 27.5 Å². The van der Waals surface area contributed by atoms with Crippen LogP contribution in [0, 0.1) is 0 Å². The number of aromatic nitrogens is 3. The van der Waals surface area contributed by atoms with Gasteiger partial charge in [0, 0.05) is 10.7 Å². The van der Waals surface area contributed by atoms with E-state index in [-0.39, 0.29) is 0 Å². The molecule has 1 N–H and O–H groups in total. The standard InChI is InChI=1S/C6H3BrClN3/c7-3-1-2-9-5-4(3)10-6(8)11-5/h1-2H,(H,9,10,11). The van der Waals surface area contributed by atoms with E-state index in [2.05, 4.69) is 30.9 Å². The van der Waals surface area contributed by atoms with Crippen molar-refractivity contribution >= 4 is 38.7 Å². The number of aromatic amines is 1. The topological polar surface area (TPSA) is 41.6 Å². The smallest absolute Gasteiger partial charge is 0.202 e. The second-order valence-corrected chi connectivity index (χ2v) is 3.23. The van der Waals surface area contributed by atoms with Gasteiger partial charge < -0.3 is 4.98 Å². The van der Waals surface area contributed by atoms with Crippen LogP contribution in [0.25, 0.3) is 11.2 Å². The summed E-state index contributed by atoms with van der Waals surface area (Å²) in [7, 11) is 0. The molecule has 0 aliphatic heterocycles. The van der Waals surface area contributed by atoms with Gasteiger partial charge in [-0.15, -0.1) is 0 Å². The number of rotatable bonds is 0. The zero-order valence-corrected chi connectivity index (χ0v) is 7.65. The van der Waals surface area contributed by atoms with Gasteiger partial charge >= 0.3 is 0 Å². The Kier molecular flexibility index (Phi) is 1.58. The number of pyridine rings is 1. The molecule has 0 aliphatic carbocycles. The third kappa shape index (κ3) is 1.12. The fourth-order valence-electron chi connectivity index (χ4n) is 0.852. The summed E-state index contributed by atoms with van der Waals surface area (Å²) >= 11 is 8.97. The molecule has 0 saturated heterocycles. The van der Waals surface area contributed by atoms with Gasteiger partial charge in [-0.25, -0.2) is 4.98 Å². The number of H-pyrrole nitrogens is 1. The van der Waals surface area contributed by atoms with Crippen LogP contribution in [0.15, 0.2) is 16.7 Å². The molecule has 0 atom stereocenters. The molecule has 2 aromatic heterocycles. The first-order valence-corrected chi connectivity index (χ1v) is 4.10. The lowest BCUT2D eigenvalue weighted by Crippen LogP contribution is -1.75. The van der Waals surface area contributed by atoms with Gasteiger partial charge in [-0.1, -0.05) is 0 Å². The monoisotopic (exact) mass is 231 g/mol. The Labute approximate surface area is 75.9 Å². The van der Waals surface area contributed by atoms with Gasteiger partial charge in [0.25, 0.3) is 0 Å². The quantitative estimate of drug-likeness (QED) is 0.758. The Morgan fingerprint density at radius 3 is 3.09 bits per heavy atom. The zero-order valence-electron chi connectivity index (χ0n) is 5.31. The van der Waals surface area contributed by atoms with Crippen LogP contribution in [-0.2, 0) is 0 Å². The maximum absolute atomic E-state index is 5.63. The summed E-state index contributed by atoms with van der Waals surface area (Å²) in [6.45, 7) is 0. The zero-order chi connectivity index (χ0) is 7.84. The lowest BCUT2D eigenvalue weighted by atomic mass is 10.4. The Hall–Kier alpha value is -0.610. The molecule has 56 valence electrons. The molecule has 0 aromatic carbocycles. The molecule has 0 unspecified atom stereocenters. The van der Waals surface area contributed by atoms with E-state index in [4.69, 9.17) is 11.6 Å². The molecule has 11 heavy (non-hydrogen) atoms. The minimum absolute atomic E-state index is 0.361. The number of imidazole rings is 1. The average molecular weight is 232 g/mol. The van der Waals surface area contributed by atoms with E-state index in [1.807, 2.05) is 6.07 Å². The van der Waals surface area contributed by atoms with Crippen LogP contribution in [0.4, 0.5) is 0 Å². The maximum Gasteiger partial charge on any atom is 0.202 e. The number of halogens is 2. The number of nitrogens with zero attached hydrogens (tertiary/aromatic N) is 2. The summed E-state index contributed by atoms with van der Waals surface area (Å²) in [5, 5.41) is 0.361. The second-order valence-electron chi connectivity index (χ2n) is 2.02. The van der Waals surface area contributed by atoms with Crippen molar-refractivity contribution in [3.05, 3.63) is 22.0 Å². The van der Waals surface area contributed by atoms with E-state index < -0.39 is 0 Å². The van der Waals surface area contributed by atoms with E-state index in [9.17, 15) is 0 Å². The van der Waals surface area contributed by atoms with E-state index in [0.29, 0.717) is 10.9 Å². The molecule has 2 heterocycles. The first kappa shape index (κ1) is 7.06. The molecule has 0 radical (unpaired) electrons. The lowest BCUT2D eigenvalue weighted by Gasteiger charge is -1.88. The molecule has 2 aromatic rings. The molecule has 0 spiro atoms. The van der Waals surface area contributed by atoms with Gasteiger partial charge in [-0.3, -0.25) is 0 Å². The number of hydrogen-bond acceptors (Lipinski definition) is 2. The van der Waals surface area contributed by atoms with Gasteiger partial charge in [0.1, 0.15) is 5.52 Å². The van der Waals surface area contributed by atoms with E-state index >= 15 is 0 Å². The lowest BCUT2D eigenvalue weighted by molar-refractivity contribution is 1.30. The molecule has 5 heteroatoms. The Morgan fingerprint density at radius 1 is 1.55 bits per heavy atom. The highest BCUT2D eigenvalue weighted by atomic mass is 79.9. The number of hydrogen-bond donors (Lipinski definition) is 1. The minimum atomic E-state index is 0.361. The average Bonchev–Trinajstić information content (AvgIpc) is 2.31. The summed E-state index contributed by atoms with van der Waals surface area (Å²) in [6, 6.07) is 1.83. The Bertz CT molecular complexity index is 398. The van der Waals surface area contributed by atoms with Crippen molar-refractivity contribution in [2.24, 2.45) is 0 Å². The Balaban J connectivity index is 2.90. The highest BCUT2D eigenvalue weighted by Crippen LogP contribution is 2.20. The highest BCUT2D eigenvalue weighted by Gasteiger charge is 2.03. The molecular weight excluding hydrogens is 229 g/mol. The third-order valence-electron chi connectivity index (χ3n) is 1.31. The molecule has 0 saturated carbocycles. The second kappa shape index (κ2) is 2.46. The normalized spacial score (nSPS) is 10.7. The van der Waals surface area contributed by atoms with E-state index in [1.54, 1.807) is 6.20 Å². The summed E-state index contributed by atoms with van der Waals surface area (Å²) in [5.74, 6) is 0. The van der Waals surface area contributed by atoms with Gasteiger partial charge in [0.2, 0.25) is 5.28 Å². The molecular formula is C6H3BrClN3. The largest absolute Gasteiger partial charge is 0.326 e. The van der Waals surface area contributed by atoms with E-state index in [1.165, 1.54) is 0 Å². The van der Waals surface area contributed by atoms with Gasteiger partial charge in [-0.05, 0) is 33.6 Å². The molecule has 0 amide bonds. The summed E-state index contributed by atoms with van der Waals surface area (Å²) < 4.78 is 0.918. The predicted molar refractivity (Wildman–Crippen MR) is 46.6 cm³/mol. The summed E-state index contributed by atoms with van der Waals surface area (Å²) in [5.41, 5.74) is 1.46. The summed E-state index contributed by atoms with van der Waals surface area (Å²) in [4.78, 5) is 10.8. The van der Waals surface area contributed by atoms with Crippen LogP contribution in [0.1, 0.15) is 0 Å². The fourth-order valence-corrected chi connectivity index (χ4v) is 1.42. The van der Waals surface area contributed by atoms with Crippen LogP contribution in [0.3, 0.4) is 0 Å². The molecule has 0 bridgehead atoms. The number of nitrogens with one attached hydrogen (secondary N) is 1. The van der Waals surface area contributed by atoms with Crippen LogP contribution in [0.2, 0.25) is 5.28 Å². The van der Waals surface area contributed by atoms with Crippen LogP contribution in [-0.4, -0.2) is 15.0 Å². The van der Waals surface area contributed by atoms with Crippen molar-refractivity contribution < 1.29 is 0 Å². The SMILES string of the molecule is Clc1nc2nccc(Br)c2[nH]1. The van der Waals surface area contributed by atoms with Crippen molar-refractivity contribution in [2.45, 2.75) is 0 Å². The predicted octanol–water partition coefficient (Wildman–Crippen LogP) is 2.37. The van der Waals surface area contributed by atoms with E-state index in [0.717, 1.165) is 9.99 Å². The molecule has 2 rings (SSSR count). The summed E-state index contributed by atoms with van der Waals surface area (Å²) in [6.07, 6.45) is 1.67. The van der Waals surface area contributed by atoms with Crippen molar-refractivity contribution in [2.75, 3.05) is 0 Å². The molecule has 3 nitrogen and oxygen atoms in total. The maximum atomic E-state index is 5.63. The minimum Gasteiger partial charge on any atom is -0.326 e. The molecule has 0 aliphatic rings. The Morgan fingerprint density at radius 2 is 2.36 bits per heavy atom. The first-order valence-electron chi connectivity index (χ1n) is 2.93. The van der Waals surface area contributed by atoms with Gasteiger partial charge in [0.15, 0.2) is 5.65 Å². The van der Waals surface area contributed by atoms with Gasteiger partial charge in [0.05, 0.1) is 0 Å². The third-order valence-corrected chi connectivity index (χ3v) is 2.15. The van der Waals surface area contributed by atoms with Crippen molar-refractivity contribution in [1.29, 1.82) is 0 Å². The van der Waals surface area contributed by atoms with Crippen LogP contribution in [0.5, 0.6) is 0 Å². The fraction of sp³-hybridized carbons (Fsp3) is 0. The van der Waals surface area contributed by atoms with Crippen LogP contribution < -0.4 is 0 Å². The van der Waals surface area contributed by atoms with Crippen molar-refractivity contribution in [3.63, 3.8) is 0 Å². The molecule has 0 fully saturated rings. The first-order chi connectivity index (χ1) is 5.27. The number of fused-ring (bicyclic) bond motifs is 1. The van der Waals surface area contributed by atoms with Crippen molar-refractivity contribution in [3.8, 4) is 0 Å².